The van der Waals surface area contributed by atoms with Gasteiger partial charge in [0.25, 0.3) is 0 Å². The number of hydrogen-bond donors (Lipinski definition) is 6. The number of aliphatic imine (C=N–C) groups is 2. The Morgan fingerprint density at radius 1 is 1.46 bits per heavy atom. The molecule has 24 heavy (non-hydrogen) atoms. The van der Waals surface area contributed by atoms with E-state index in [1.54, 1.807) is 0 Å². The number of nitrogens with zero attached hydrogens (tertiary/aromatic N) is 3. The highest BCUT2D eigenvalue weighted by atomic mass is 31.2. The fraction of sp³-hybridized carbons (Fsp3) is 0.455. The Labute approximate surface area is 136 Å². The molecule has 1 unspecified atom stereocenters. The van der Waals surface area contributed by atoms with Gasteiger partial charge in [0.15, 0.2) is 18.0 Å². The summed E-state index contributed by atoms with van der Waals surface area (Å²) in [7, 11) is -4.73. The molecule has 2 aliphatic heterocycles. The third kappa shape index (κ3) is 4.39. The maximum Gasteiger partial charge on any atom is 0.469 e. The fourth-order valence-electron chi connectivity index (χ4n) is 2.15. The minimum absolute atomic E-state index is 0.130. The average Bonchev–Trinajstić information content (AvgIpc) is 2.72. The molecule has 0 bridgehead atoms. The third-order valence-corrected chi connectivity index (χ3v) is 3.67. The first kappa shape index (κ1) is 18.5. The van der Waals surface area contributed by atoms with Crippen LogP contribution in [0.3, 0.4) is 0 Å². The zero-order valence-corrected chi connectivity index (χ0v) is 13.2. The minimum atomic E-state index is -4.73. The van der Waals surface area contributed by atoms with Gasteiger partial charge in [0.2, 0.25) is 0 Å². The van der Waals surface area contributed by atoms with E-state index in [-0.39, 0.29) is 17.6 Å². The van der Waals surface area contributed by atoms with Crippen molar-refractivity contribution in [2.45, 2.75) is 24.5 Å². The van der Waals surface area contributed by atoms with Gasteiger partial charge in [-0.2, -0.15) is 4.99 Å². The van der Waals surface area contributed by atoms with Crippen LogP contribution in [0.15, 0.2) is 34.7 Å². The molecule has 0 aliphatic carbocycles. The van der Waals surface area contributed by atoms with Crippen molar-refractivity contribution < 1.29 is 33.8 Å². The molecule has 2 rings (SSSR count). The van der Waals surface area contributed by atoms with Gasteiger partial charge in [0.05, 0.1) is 6.61 Å². The zero-order valence-electron chi connectivity index (χ0n) is 12.3. The van der Waals surface area contributed by atoms with Crippen LogP contribution in [0, 0.1) is 0 Å². The van der Waals surface area contributed by atoms with Gasteiger partial charge < -0.3 is 41.1 Å². The highest BCUT2D eigenvalue weighted by molar-refractivity contribution is 7.46. The van der Waals surface area contributed by atoms with Crippen molar-refractivity contribution in [3.8, 4) is 0 Å². The average molecular weight is 363 g/mol. The number of guanidine groups is 1. The molecule has 13 heteroatoms. The number of phosphoric ester groups is 1. The quantitative estimate of drug-likeness (QED) is 0.177. The van der Waals surface area contributed by atoms with Crippen LogP contribution >= 0.6 is 7.82 Å². The number of aliphatic hydroxyl groups is 2. The van der Waals surface area contributed by atoms with E-state index in [2.05, 4.69) is 21.1 Å². The summed E-state index contributed by atoms with van der Waals surface area (Å²) in [6.45, 7) is 3.07. The highest BCUT2D eigenvalue weighted by Gasteiger charge is 2.46. The van der Waals surface area contributed by atoms with Crippen molar-refractivity contribution in [1.29, 1.82) is 0 Å². The first-order chi connectivity index (χ1) is 11.1. The standard InChI is InChI=1S/C11H18N5O7P/c1-5-14-7(15-11(12)13)2-3-16(5)10-9(18)8(17)6(23-10)4-22-24(19,20)21/h2-3,6,8-10,17-18H,1,4H2,(H2,19,20,21)(H4,12,13,14,15)/t6-,8+,9?,10-/m1/s1. The molecule has 0 radical (unpaired) electrons. The molecule has 12 nitrogen and oxygen atoms in total. The Balaban J connectivity index is 2.07. The van der Waals surface area contributed by atoms with Gasteiger partial charge in [-0.3, -0.25) is 4.52 Å². The molecule has 1 saturated heterocycles. The normalized spacial score (nSPS) is 30.4. The Hall–Kier alpha value is -1.79. The third-order valence-electron chi connectivity index (χ3n) is 3.19. The van der Waals surface area contributed by atoms with Crippen molar-refractivity contribution in [2.24, 2.45) is 21.5 Å². The Bertz CT molecular complexity index is 641. The van der Waals surface area contributed by atoms with Crippen LogP contribution in [-0.2, 0) is 13.8 Å². The van der Waals surface area contributed by atoms with E-state index in [4.69, 9.17) is 26.0 Å². The van der Waals surface area contributed by atoms with E-state index < -0.39 is 39.0 Å². The van der Waals surface area contributed by atoms with Crippen molar-refractivity contribution in [1.82, 2.24) is 4.90 Å². The molecule has 134 valence electrons. The summed E-state index contributed by atoms with van der Waals surface area (Å²) < 4.78 is 20.4. The van der Waals surface area contributed by atoms with E-state index in [9.17, 15) is 14.8 Å². The molecule has 0 aromatic rings. The SMILES string of the molecule is C=C1N=C(N=C(N)N)C=CN1[C@@H]1O[C@H](COP(=O)(O)O)[C@H](O)C1O. The highest BCUT2D eigenvalue weighted by Crippen LogP contribution is 2.37. The number of rotatable bonds is 4. The van der Waals surface area contributed by atoms with E-state index in [1.807, 2.05) is 0 Å². The number of aliphatic hydroxyl groups excluding tert-OH is 2. The maximum absolute atomic E-state index is 10.7. The maximum atomic E-state index is 10.7. The monoisotopic (exact) mass is 363 g/mol. The second-order valence-electron chi connectivity index (χ2n) is 4.98. The summed E-state index contributed by atoms with van der Waals surface area (Å²) in [6, 6.07) is 0. The number of hydrogen-bond acceptors (Lipinski definition) is 8. The van der Waals surface area contributed by atoms with Gasteiger partial charge in [-0.05, 0) is 6.08 Å². The van der Waals surface area contributed by atoms with Gasteiger partial charge in [-0.1, -0.05) is 6.58 Å². The molecule has 8 N–H and O–H groups in total. The summed E-state index contributed by atoms with van der Waals surface area (Å²) >= 11 is 0. The lowest BCUT2D eigenvalue weighted by atomic mass is 10.1. The number of ether oxygens (including phenoxy) is 1. The first-order valence-corrected chi connectivity index (χ1v) is 8.17. The molecule has 0 spiro atoms. The lowest BCUT2D eigenvalue weighted by Gasteiger charge is -2.30. The molecule has 1 fully saturated rings. The molecule has 2 heterocycles. The van der Waals surface area contributed by atoms with E-state index in [0.29, 0.717) is 0 Å². The molecule has 0 aromatic carbocycles. The van der Waals surface area contributed by atoms with E-state index in [0.717, 1.165) is 0 Å². The van der Waals surface area contributed by atoms with Crippen LogP contribution in [-0.4, -0.2) is 67.8 Å². The van der Waals surface area contributed by atoms with Gasteiger partial charge >= 0.3 is 7.82 Å². The second-order valence-corrected chi connectivity index (χ2v) is 6.22. The summed E-state index contributed by atoms with van der Waals surface area (Å²) in [6.07, 6.45) is -2.19. The Morgan fingerprint density at radius 3 is 2.67 bits per heavy atom. The molecule has 0 amide bonds. The molecule has 0 aromatic heterocycles. The number of phosphoric acid groups is 1. The van der Waals surface area contributed by atoms with Crippen LogP contribution < -0.4 is 11.5 Å². The van der Waals surface area contributed by atoms with Crippen LogP contribution in [0.5, 0.6) is 0 Å². The lowest BCUT2D eigenvalue weighted by Crippen LogP contribution is -2.41. The largest absolute Gasteiger partial charge is 0.469 e. The number of nitrogens with two attached hydrogens (primary N) is 2. The van der Waals surface area contributed by atoms with Crippen molar-refractivity contribution >= 4 is 19.6 Å². The van der Waals surface area contributed by atoms with E-state index in [1.165, 1.54) is 17.2 Å². The van der Waals surface area contributed by atoms with Crippen molar-refractivity contribution in [2.75, 3.05) is 6.61 Å². The summed E-state index contributed by atoms with van der Waals surface area (Å²) in [5, 5.41) is 20.0. The smallest absolute Gasteiger partial charge is 0.387 e. The molecule has 2 aliphatic rings. The van der Waals surface area contributed by atoms with Crippen LogP contribution in [0.1, 0.15) is 0 Å². The summed E-state index contributed by atoms with van der Waals surface area (Å²) in [5.74, 6) is 0.123. The summed E-state index contributed by atoms with van der Waals surface area (Å²) in [4.78, 5) is 26.4. The predicted molar refractivity (Wildman–Crippen MR) is 82.0 cm³/mol. The van der Waals surface area contributed by atoms with Gasteiger partial charge in [-0.25, -0.2) is 9.56 Å². The number of amidine groups is 1. The first-order valence-electron chi connectivity index (χ1n) is 6.64. The van der Waals surface area contributed by atoms with Crippen LogP contribution in [0.2, 0.25) is 0 Å². The van der Waals surface area contributed by atoms with Gasteiger partial charge in [-0.15, -0.1) is 0 Å². The Kier molecular flexibility index (Phi) is 5.40. The van der Waals surface area contributed by atoms with Crippen molar-refractivity contribution in [3.63, 3.8) is 0 Å². The predicted octanol–water partition coefficient (Wildman–Crippen LogP) is -2.49. The van der Waals surface area contributed by atoms with Crippen LogP contribution in [0.4, 0.5) is 0 Å². The van der Waals surface area contributed by atoms with E-state index >= 15 is 0 Å². The molecular weight excluding hydrogens is 345 g/mol. The molecule has 0 saturated carbocycles. The molecule has 4 atom stereocenters. The lowest BCUT2D eigenvalue weighted by molar-refractivity contribution is -0.0685. The summed E-state index contributed by atoms with van der Waals surface area (Å²) in [5.41, 5.74) is 10.5. The van der Waals surface area contributed by atoms with Gasteiger partial charge in [0, 0.05) is 6.20 Å². The molecular formula is C11H18N5O7P. The van der Waals surface area contributed by atoms with Gasteiger partial charge in [0.1, 0.15) is 24.1 Å². The van der Waals surface area contributed by atoms with Crippen molar-refractivity contribution in [3.05, 3.63) is 24.7 Å². The Morgan fingerprint density at radius 2 is 2.12 bits per heavy atom. The fourth-order valence-corrected chi connectivity index (χ4v) is 2.49. The second kappa shape index (κ2) is 6.99. The minimum Gasteiger partial charge on any atom is -0.387 e. The zero-order chi connectivity index (χ0) is 18.1. The topological polar surface area (TPSA) is 196 Å². The van der Waals surface area contributed by atoms with Crippen LogP contribution in [0.25, 0.3) is 0 Å².